The third-order valence-corrected chi connectivity index (χ3v) is 1.02. The SMILES string of the molecule is CC(O)C(=O)[O-].CC(O)C(=O)[O-].CC(O)C(=O)[O-].[Na+].[Zn+2]. The molecule has 0 bridgehead atoms. The van der Waals surface area contributed by atoms with Crippen molar-refractivity contribution in [3.05, 3.63) is 0 Å². The predicted molar refractivity (Wildman–Crippen MR) is 50.1 cm³/mol. The molecular weight excluding hydrogens is 340 g/mol. The molecule has 0 saturated heterocycles. The predicted octanol–water partition coefficient (Wildman–Crippen LogP) is -8.65. The molecule has 0 saturated carbocycles. The van der Waals surface area contributed by atoms with Gasteiger partial charge in [0.25, 0.3) is 0 Å². The van der Waals surface area contributed by atoms with Gasteiger partial charge in [-0.05, 0) is 20.8 Å². The minimum atomic E-state index is -1.44. The molecule has 0 radical (unpaired) electrons. The summed E-state index contributed by atoms with van der Waals surface area (Å²) in [4.78, 5) is 28.0. The molecule has 3 atom stereocenters. The minimum absolute atomic E-state index is 0. The largest absolute Gasteiger partial charge is 2.00 e. The van der Waals surface area contributed by atoms with Crippen molar-refractivity contribution in [3.8, 4) is 0 Å². The van der Waals surface area contributed by atoms with Crippen molar-refractivity contribution in [2.45, 2.75) is 39.1 Å². The summed E-state index contributed by atoms with van der Waals surface area (Å²) in [6, 6.07) is 0. The van der Waals surface area contributed by atoms with Gasteiger partial charge in [0.2, 0.25) is 0 Å². The van der Waals surface area contributed by atoms with Gasteiger partial charge in [-0.1, -0.05) is 0 Å². The molecule has 9 nitrogen and oxygen atoms in total. The Labute approximate surface area is 150 Å². The molecular formula is C9H15NaO9Zn. The van der Waals surface area contributed by atoms with Gasteiger partial charge in [-0.25, -0.2) is 0 Å². The third-order valence-electron chi connectivity index (χ3n) is 1.02. The zero-order chi connectivity index (χ0) is 15.5. The number of carboxylic acids is 3. The molecule has 0 aliphatic rings. The van der Waals surface area contributed by atoms with E-state index in [4.69, 9.17) is 15.3 Å². The van der Waals surface area contributed by atoms with E-state index in [2.05, 4.69) is 0 Å². The number of carbonyl (C=O) groups is 3. The summed E-state index contributed by atoms with van der Waals surface area (Å²) < 4.78 is 0. The summed E-state index contributed by atoms with van der Waals surface area (Å²) in [6.07, 6.45) is -4.03. The van der Waals surface area contributed by atoms with Crippen LogP contribution >= 0.6 is 0 Å². The maximum atomic E-state index is 9.34. The molecule has 20 heavy (non-hydrogen) atoms. The molecule has 3 N–H and O–H groups in total. The Morgan fingerprint density at radius 3 is 0.750 bits per heavy atom. The second-order valence-electron chi connectivity index (χ2n) is 2.99. The number of carboxylic acid groups (broad SMARTS) is 3. The van der Waals surface area contributed by atoms with Gasteiger partial charge in [-0.15, -0.1) is 0 Å². The maximum Gasteiger partial charge on any atom is 2.00 e. The summed E-state index contributed by atoms with van der Waals surface area (Å²) >= 11 is 0. The molecule has 108 valence electrons. The number of carbonyl (C=O) groups excluding carboxylic acids is 3. The van der Waals surface area contributed by atoms with Crippen LogP contribution in [-0.4, -0.2) is 51.5 Å². The number of aliphatic hydroxyl groups excluding tert-OH is 3. The molecule has 3 unspecified atom stereocenters. The zero-order valence-electron chi connectivity index (χ0n) is 11.7. The van der Waals surface area contributed by atoms with Gasteiger partial charge >= 0.3 is 49.0 Å². The monoisotopic (exact) mass is 354 g/mol. The van der Waals surface area contributed by atoms with Crippen molar-refractivity contribution in [1.82, 2.24) is 0 Å². The van der Waals surface area contributed by atoms with Crippen LogP contribution in [0.5, 0.6) is 0 Å². The fraction of sp³-hybridized carbons (Fsp3) is 0.667. The van der Waals surface area contributed by atoms with Crippen molar-refractivity contribution >= 4 is 17.9 Å². The molecule has 0 aromatic heterocycles. The van der Waals surface area contributed by atoms with Gasteiger partial charge in [-0.3, -0.25) is 0 Å². The Morgan fingerprint density at radius 2 is 0.750 bits per heavy atom. The van der Waals surface area contributed by atoms with Crippen LogP contribution in [0.4, 0.5) is 0 Å². The Hall–Kier alpha value is -0.0866. The molecule has 0 aliphatic carbocycles. The molecule has 0 amide bonds. The smallest absolute Gasteiger partial charge is 0.547 e. The van der Waals surface area contributed by atoms with Gasteiger partial charge < -0.3 is 45.0 Å². The average molecular weight is 356 g/mol. The third kappa shape index (κ3) is 36.1. The molecule has 0 rings (SSSR count). The molecule has 11 heteroatoms. The number of aliphatic hydroxyl groups is 3. The number of rotatable bonds is 3. The Kier molecular flexibility index (Phi) is 30.3. The van der Waals surface area contributed by atoms with E-state index in [0.717, 1.165) is 20.8 Å². The number of hydrogen-bond acceptors (Lipinski definition) is 9. The first kappa shape index (κ1) is 32.0. The topological polar surface area (TPSA) is 181 Å². The van der Waals surface area contributed by atoms with Crippen molar-refractivity contribution in [3.63, 3.8) is 0 Å². The van der Waals surface area contributed by atoms with Crippen LogP contribution in [0.25, 0.3) is 0 Å². The first-order valence-electron chi connectivity index (χ1n) is 4.60. The second kappa shape index (κ2) is 18.9. The van der Waals surface area contributed by atoms with Crippen LogP contribution in [0.3, 0.4) is 0 Å². The second-order valence-corrected chi connectivity index (χ2v) is 2.99. The fourth-order valence-electron chi connectivity index (χ4n) is 0. The van der Waals surface area contributed by atoms with Crippen LogP contribution in [-0.2, 0) is 33.9 Å². The van der Waals surface area contributed by atoms with E-state index in [-0.39, 0.29) is 49.0 Å². The van der Waals surface area contributed by atoms with E-state index in [9.17, 15) is 29.7 Å². The van der Waals surface area contributed by atoms with Gasteiger partial charge in [0.1, 0.15) is 0 Å². The summed E-state index contributed by atoms with van der Waals surface area (Å²) in [5.41, 5.74) is 0. The van der Waals surface area contributed by atoms with Crippen LogP contribution in [0.15, 0.2) is 0 Å². The van der Waals surface area contributed by atoms with Gasteiger partial charge in [0.05, 0.1) is 36.2 Å². The summed E-state index contributed by atoms with van der Waals surface area (Å²) in [5, 5.41) is 51.9. The van der Waals surface area contributed by atoms with Crippen molar-refractivity contribution in [2.75, 3.05) is 0 Å². The standard InChI is InChI=1S/3C3H6O3.Na.Zn/c3*1-2(4)3(5)6;;/h3*2,4H,1H3,(H,5,6);;/q;;;+1;+2/p-3. The van der Waals surface area contributed by atoms with Crippen LogP contribution in [0.2, 0.25) is 0 Å². The Morgan fingerprint density at radius 1 is 0.700 bits per heavy atom. The van der Waals surface area contributed by atoms with E-state index < -0.39 is 36.2 Å². The van der Waals surface area contributed by atoms with Gasteiger partial charge in [0.15, 0.2) is 0 Å². The summed E-state index contributed by atoms with van der Waals surface area (Å²) in [7, 11) is 0. The molecule has 0 heterocycles. The van der Waals surface area contributed by atoms with Crippen molar-refractivity contribution in [1.29, 1.82) is 0 Å². The van der Waals surface area contributed by atoms with E-state index >= 15 is 0 Å². The van der Waals surface area contributed by atoms with Gasteiger partial charge in [0, 0.05) is 0 Å². The van der Waals surface area contributed by atoms with Crippen molar-refractivity contribution < 1.29 is 94.1 Å². The first-order valence-corrected chi connectivity index (χ1v) is 4.60. The average Bonchev–Trinajstić information content (AvgIpc) is 2.18. The normalized spacial score (nSPS) is 12.3. The van der Waals surface area contributed by atoms with E-state index in [1.807, 2.05) is 0 Å². The van der Waals surface area contributed by atoms with Crippen LogP contribution in [0.1, 0.15) is 20.8 Å². The number of aliphatic carboxylic acids is 3. The molecule has 0 fully saturated rings. The zero-order valence-corrected chi connectivity index (χ0v) is 16.7. The van der Waals surface area contributed by atoms with Gasteiger partial charge in [-0.2, -0.15) is 0 Å². The van der Waals surface area contributed by atoms with E-state index in [1.54, 1.807) is 0 Å². The van der Waals surface area contributed by atoms with Crippen LogP contribution < -0.4 is 44.9 Å². The summed E-state index contributed by atoms with van der Waals surface area (Å²) in [6.45, 7) is 3.40. The van der Waals surface area contributed by atoms with Crippen LogP contribution in [0, 0.1) is 0 Å². The summed E-state index contributed by atoms with van der Waals surface area (Å²) in [5.74, 6) is -4.31. The fourth-order valence-corrected chi connectivity index (χ4v) is 0. The quantitative estimate of drug-likeness (QED) is 0.414. The van der Waals surface area contributed by atoms with E-state index in [1.165, 1.54) is 0 Å². The molecule has 0 aromatic rings. The Bertz CT molecular complexity index is 225. The first-order chi connectivity index (χ1) is 7.93. The van der Waals surface area contributed by atoms with Crippen molar-refractivity contribution in [2.24, 2.45) is 0 Å². The molecule has 0 aromatic carbocycles. The molecule has 0 spiro atoms. The molecule has 0 aliphatic heterocycles. The minimum Gasteiger partial charge on any atom is -0.547 e. The maximum absolute atomic E-state index is 9.34. The number of hydrogen-bond donors (Lipinski definition) is 3. The Balaban J connectivity index is -0.0000000536. The van der Waals surface area contributed by atoms with E-state index in [0.29, 0.717) is 0 Å².